The Balaban J connectivity index is 1.57. The van der Waals surface area contributed by atoms with E-state index in [0.717, 1.165) is 29.7 Å². The largest absolute Gasteiger partial charge is 0.455 e. The van der Waals surface area contributed by atoms with Crippen LogP contribution in [0.15, 0.2) is 58.0 Å². The summed E-state index contributed by atoms with van der Waals surface area (Å²) in [4.78, 5) is 25.3. The molecule has 0 radical (unpaired) electrons. The highest BCUT2D eigenvalue weighted by Gasteiger charge is 2.28. The summed E-state index contributed by atoms with van der Waals surface area (Å²) in [6.45, 7) is 3.72. The Hall–Kier alpha value is -3.38. The molecule has 0 saturated heterocycles. The van der Waals surface area contributed by atoms with Gasteiger partial charge in [0.2, 0.25) is 0 Å². The number of fused-ring (bicyclic) bond motifs is 1. The number of aryl methyl sites for hydroxylation is 2. The summed E-state index contributed by atoms with van der Waals surface area (Å²) in [6.07, 6.45) is 2.24. The lowest BCUT2D eigenvalue weighted by molar-refractivity contribution is 0.0953. The smallest absolute Gasteiger partial charge is 0.291 e. The molecule has 1 heterocycles. The molecule has 0 unspecified atom stereocenters. The molecule has 158 valence electrons. The molecular formula is C24H22ClN3O3. The van der Waals surface area contributed by atoms with E-state index < -0.39 is 0 Å². The highest BCUT2D eigenvalue weighted by molar-refractivity contribution is 6.30. The molecule has 0 aliphatic heterocycles. The van der Waals surface area contributed by atoms with E-state index in [9.17, 15) is 9.59 Å². The summed E-state index contributed by atoms with van der Waals surface area (Å²) in [6, 6.07) is 14.2. The molecule has 0 bridgehead atoms. The maximum atomic E-state index is 12.8. The van der Waals surface area contributed by atoms with Crippen LogP contribution in [0.25, 0.3) is 0 Å². The van der Waals surface area contributed by atoms with Crippen LogP contribution in [0.4, 0.5) is 5.69 Å². The first-order valence-corrected chi connectivity index (χ1v) is 10.4. The first kappa shape index (κ1) is 20.9. The van der Waals surface area contributed by atoms with Gasteiger partial charge >= 0.3 is 0 Å². The van der Waals surface area contributed by atoms with E-state index in [2.05, 4.69) is 15.8 Å². The number of benzene rings is 2. The number of anilines is 1. The number of nitrogens with zero attached hydrogens (tertiary/aromatic N) is 1. The van der Waals surface area contributed by atoms with Gasteiger partial charge in [0.1, 0.15) is 5.76 Å². The van der Waals surface area contributed by atoms with Crippen LogP contribution in [0.5, 0.6) is 0 Å². The van der Waals surface area contributed by atoms with Gasteiger partial charge in [-0.2, -0.15) is 5.10 Å². The van der Waals surface area contributed by atoms with E-state index in [0.29, 0.717) is 34.0 Å². The molecule has 1 aliphatic rings. The Bertz CT molecular complexity index is 1180. The number of nitrogens with one attached hydrogen (secondary N) is 2. The molecule has 2 aromatic carbocycles. The summed E-state index contributed by atoms with van der Waals surface area (Å²) in [5.41, 5.74) is 6.98. The third kappa shape index (κ3) is 4.39. The van der Waals surface area contributed by atoms with Crippen molar-refractivity contribution < 1.29 is 14.0 Å². The quantitative estimate of drug-likeness (QED) is 0.547. The fourth-order valence-corrected chi connectivity index (χ4v) is 3.85. The van der Waals surface area contributed by atoms with Crippen molar-refractivity contribution in [2.45, 2.75) is 33.1 Å². The number of hydrogen-bond donors (Lipinski definition) is 2. The maximum Gasteiger partial charge on any atom is 0.291 e. The van der Waals surface area contributed by atoms with Crippen LogP contribution in [-0.2, 0) is 6.42 Å². The summed E-state index contributed by atoms with van der Waals surface area (Å²) < 4.78 is 5.90. The molecule has 1 aliphatic carbocycles. The second kappa shape index (κ2) is 8.78. The van der Waals surface area contributed by atoms with E-state index in [1.807, 2.05) is 32.0 Å². The van der Waals surface area contributed by atoms with Crippen LogP contribution in [-0.4, -0.2) is 17.5 Å². The van der Waals surface area contributed by atoms with E-state index in [4.69, 9.17) is 16.0 Å². The van der Waals surface area contributed by atoms with Crippen molar-refractivity contribution in [3.63, 3.8) is 0 Å². The molecule has 2 amide bonds. The third-order valence-electron chi connectivity index (χ3n) is 5.32. The van der Waals surface area contributed by atoms with Crippen molar-refractivity contribution in [1.29, 1.82) is 0 Å². The monoisotopic (exact) mass is 435 g/mol. The van der Waals surface area contributed by atoms with Gasteiger partial charge in [0.25, 0.3) is 11.8 Å². The fourth-order valence-electron chi connectivity index (χ4n) is 3.72. The average molecular weight is 436 g/mol. The summed E-state index contributed by atoms with van der Waals surface area (Å²) in [5.74, 6) is 0.366. The van der Waals surface area contributed by atoms with Crippen LogP contribution in [0, 0.1) is 13.8 Å². The number of rotatable bonds is 4. The van der Waals surface area contributed by atoms with Gasteiger partial charge in [-0.25, -0.2) is 5.43 Å². The maximum absolute atomic E-state index is 12.8. The molecule has 0 fully saturated rings. The van der Waals surface area contributed by atoms with Gasteiger partial charge < -0.3 is 9.73 Å². The summed E-state index contributed by atoms with van der Waals surface area (Å²) in [5, 5.41) is 7.80. The SMILES string of the molecule is Cc1ccccc1C(=O)N/N=C1\CCCc2oc(C(=O)Nc3ccc(Cl)cc3)c(C)c21. The molecule has 31 heavy (non-hydrogen) atoms. The minimum atomic E-state index is -0.336. The zero-order chi connectivity index (χ0) is 22.0. The molecule has 0 saturated carbocycles. The van der Waals surface area contributed by atoms with Gasteiger partial charge in [-0.3, -0.25) is 9.59 Å². The van der Waals surface area contributed by atoms with Crippen molar-refractivity contribution in [2.75, 3.05) is 5.32 Å². The topological polar surface area (TPSA) is 83.7 Å². The van der Waals surface area contributed by atoms with Gasteiger partial charge in [-0.05, 0) is 62.6 Å². The second-order valence-electron chi connectivity index (χ2n) is 7.48. The van der Waals surface area contributed by atoms with E-state index in [-0.39, 0.29) is 17.6 Å². The minimum absolute atomic E-state index is 0.250. The average Bonchev–Trinajstić information content (AvgIpc) is 3.11. The zero-order valence-corrected chi connectivity index (χ0v) is 18.0. The normalized spacial score (nSPS) is 14.2. The lowest BCUT2D eigenvalue weighted by Gasteiger charge is -2.13. The van der Waals surface area contributed by atoms with Crippen molar-refractivity contribution >= 4 is 34.8 Å². The number of hydrogen-bond acceptors (Lipinski definition) is 4. The minimum Gasteiger partial charge on any atom is -0.455 e. The van der Waals surface area contributed by atoms with Gasteiger partial charge in [-0.1, -0.05) is 29.8 Å². The molecule has 0 spiro atoms. The Morgan fingerprint density at radius 2 is 1.74 bits per heavy atom. The molecule has 6 nitrogen and oxygen atoms in total. The van der Waals surface area contributed by atoms with Gasteiger partial charge in [-0.15, -0.1) is 0 Å². The lowest BCUT2D eigenvalue weighted by atomic mass is 9.93. The van der Waals surface area contributed by atoms with Crippen molar-refractivity contribution in [3.05, 3.63) is 87.3 Å². The molecule has 7 heteroatoms. The first-order valence-electron chi connectivity index (χ1n) is 10.1. The van der Waals surface area contributed by atoms with E-state index in [1.54, 1.807) is 30.3 Å². The number of halogens is 1. The predicted molar refractivity (Wildman–Crippen MR) is 121 cm³/mol. The van der Waals surface area contributed by atoms with E-state index >= 15 is 0 Å². The summed E-state index contributed by atoms with van der Waals surface area (Å²) in [7, 11) is 0. The third-order valence-corrected chi connectivity index (χ3v) is 5.57. The van der Waals surface area contributed by atoms with Crippen molar-refractivity contribution in [2.24, 2.45) is 5.10 Å². The summed E-state index contributed by atoms with van der Waals surface area (Å²) >= 11 is 5.90. The van der Waals surface area contributed by atoms with Crippen molar-refractivity contribution in [1.82, 2.24) is 5.43 Å². The molecule has 2 N–H and O–H groups in total. The van der Waals surface area contributed by atoms with Gasteiger partial charge in [0, 0.05) is 33.8 Å². The van der Waals surface area contributed by atoms with Gasteiger partial charge in [0.05, 0.1) is 5.71 Å². The predicted octanol–water partition coefficient (Wildman–Crippen LogP) is 5.27. The first-order chi connectivity index (χ1) is 14.9. The van der Waals surface area contributed by atoms with Crippen LogP contribution in [0.3, 0.4) is 0 Å². The van der Waals surface area contributed by atoms with Gasteiger partial charge in [0.15, 0.2) is 5.76 Å². The molecular weight excluding hydrogens is 414 g/mol. The second-order valence-corrected chi connectivity index (χ2v) is 7.92. The van der Waals surface area contributed by atoms with Crippen LogP contribution in [0.2, 0.25) is 5.02 Å². The highest BCUT2D eigenvalue weighted by atomic mass is 35.5. The Labute approximate surface area is 185 Å². The fraction of sp³-hybridized carbons (Fsp3) is 0.208. The number of amides is 2. The van der Waals surface area contributed by atoms with E-state index in [1.165, 1.54) is 0 Å². The Morgan fingerprint density at radius 1 is 1.00 bits per heavy atom. The number of furan rings is 1. The standard InChI is InChI=1S/C24H22ClN3O3/c1-14-6-3-4-7-18(14)23(29)28-27-19-8-5-9-20-21(19)15(2)22(31-20)24(30)26-17-12-10-16(25)11-13-17/h3-4,6-7,10-13H,5,8-9H2,1-2H3,(H,26,30)(H,28,29)/b27-19+. The lowest BCUT2D eigenvalue weighted by Crippen LogP contribution is -2.22. The van der Waals surface area contributed by atoms with Crippen LogP contribution >= 0.6 is 11.6 Å². The molecule has 3 aromatic rings. The van der Waals surface area contributed by atoms with Crippen LogP contribution in [0.1, 0.15) is 56.2 Å². The van der Waals surface area contributed by atoms with Crippen LogP contribution < -0.4 is 10.7 Å². The number of carbonyl (C=O) groups is 2. The Kier molecular flexibility index (Phi) is 5.91. The molecule has 1 aromatic heterocycles. The molecule has 0 atom stereocenters. The molecule has 4 rings (SSSR count). The number of carbonyl (C=O) groups excluding carboxylic acids is 2. The number of hydrazone groups is 1. The van der Waals surface area contributed by atoms with Crippen molar-refractivity contribution in [3.8, 4) is 0 Å². The Morgan fingerprint density at radius 3 is 2.48 bits per heavy atom. The highest BCUT2D eigenvalue weighted by Crippen LogP contribution is 2.30. The zero-order valence-electron chi connectivity index (χ0n) is 17.3.